The van der Waals surface area contributed by atoms with Gasteiger partial charge in [-0.05, 0) is 55.3 Å². The van der Waals surface area contributed by atoms with E-state index in [4.69, 9.17) is 0 Å². The van der Waals surface area contributed by atoms with E-state index in [1.165, 1.54) is 12.8 Å². The van der Waals surface area contributed by atoms with Crippen molar-refractivity contribution in [1.82, 2.24) is 5.32 Å². The van der Waals surface area contributed by atoms with Gasteiger partial charge in [0.2, 0.25) is 0 Å². The zero-order chi connectivity index (χ0) is 13.1. The van der Waals surface area contributed by atoms with Gasteiger partial charge in [-0.25, -0.2) is 4.39 Å². The minimum atomic E-state index is -0.102. The number of benzene rings is 1. The first kappa shape index (κ1) is 14.0. The Morgan fingerprint density at radius 3 is 2.72 bits per heavy atom. The lowest BCUT2D eigenvalue weighted by molar-refractivity contribution is 0.341. The number of rotatable bonds is 6. The highest BCUT2D eigenvalue weighted by atomic mass is 79.9. The molecule has 0 aliphatic heterocycles. The molecule has 0 spiro atoms. The Morgan fingerprint density at radius 2 is 2.17 bits per heavy atom. The summed E-state index contributed by atoms with van der Waals surface area (Å²) in [5, 5.41) is 3.52. The van der Waals surface area contributed by atoms with Crippen molar-refractivity contribution >= 4 is 15.9 Å². The molecule has 1 aliphatic carbocycles. The van der Waals surface area contributed by atoms with Crippen molar-refractivity contribution in [2.75, 3.05) is 6.54 Å². The molecule has 0 saturated heterocycles. The van der Waals surface area contributed by atoms with Crippen molar-refractivity contribution in [3.05, 3.63) is 34.1 Å². The van der Waals surface area contributed by atoms with Crippen LogP contribution in [0, 0.1) is 17.7 Å². The molecule has 2 rings (SSSR count). The van der Waals surface area contributed by atoms with Crippen LogP contribution in [0.4, 0.5) is 4.39 Å². The molecule has 0 heterocycles. The maximum absolute atomic E-state index is 13.9. The average molecular weight is 314 g/mol. The first-order valence-electron chi connectivity index (χ1n) is 6.79. The summed E-state index contributed by atoms with van der Waals surface area (Å²) >= 11 is 3.30. The zero-order valence-corrected chi connectivity index (χ0v) is 12.6. The summed E-state index contributed by atoms with van der Waals surface area (Å²) < 4.78 is 14.7. The van der Waals surface area contributed by atoms with Gasteiger partial charge in [0.25, 0.3) is 0 Å². The topological polar surface area (TPSA) is 12.0 Å². The number of halogens is 2. The van der Waals surface area contributed by atoms with Gasteiger partial charge in [0, 0.05) is 10.5 Å². The van der Waals surface area contributed by atoms with E-state index in [1.807, 2.05) is 12.1 Å². The molecule has 0 amide bonds. The minimum Gasteiger partial charge on any atom is -0.314 e. The second kappa shape index (κ2) is 6.16. The summed E-state index contributed by atoms with van der Waals surface area (Å²) in [6.45, 7) is 5.35. The normalized spacial score (nSPS) is 18.7. The van der Waals surface area contributed by atoms with E-state index in [9.17, 15) is 4.39 Å². The van der Waals surface area contributed by atoms with Crippen LogP contribution in [0.2, 0.25) is 0 Å². The molecule has 3 heteroatoms. The first-order chi connectivity index (χ1) is 8.61. The number of likely N-dealkylation sites (N-methyl/N-ethyl adjacent to an activating group) is 1. The Bertz CT molecular complexity index is 403. The molecule has 100 valence electrons. The van der Waals surface area contributed by atoms with Crippen LogP contribution in [-0.2, 0) is 6.42 Å². The SMILES string of the molecule is CCNC(Cc1ccc(Br)cc1F)C(C)C1CC1. The summed E-state index contributed by atoms with van der Waals surface area (Å²) in [5.74, 6) is 1.37. The Morgan fingerprint density at radius 1 is 1.44 bits per heavy atom. The van der Waals surface area contributed by atoms with Crippen LogP contribution < -0.4 is 5.32 Å². The van der Waals surface area contributed by atoms with E-state index in [2.05, 4.69) is 35.1 Å². The third-order valence-electron chi connectivity index (χ3n) is 3.92. The van der Waals surface area contributed by atoms with Gasteiger partial charge < -0.3 is 5.32 Å². The molecular formula is C15H21BrFN. The number of nitrogens with one attached hydrogen (secondary N) is 1. The maximum atomic E-state index is 13.9. The van der Waals surface area contributed by atoms with Crippen molar-refractivity contribution < 1.29 is 4.39 Å². The zero-order valence-electron chi connectivity index (χ0n) is 11.0. The van der Waals surface area contributed by atoms with Gasteiger partial charge in [-0.1, -0.05) is 35.8 Å². The smallest absolute Gasteiger partial charge is 0.127 e. The lowest BCUT2D eigenvalue weighted by atomic mass is 9.91. The summed E-state index contributed by atoms with van der Waals surface area (Å²) in [6, 6.07) is 5.75. The van der Waals surface area contributed by atoms with Crippen molar-refractivity contribution in [3.8, 4) is 0 Å². The van der Waals surface area contributed by atoms with Crippen LogP contribution in [-0.4, -0.2) is 12.6 Å². The predicted molar refractivity (Wildman–Crippen MR) is 77.2 cm³/mol. The first-order valence-corrected chi connectivity index (χ1v) is 7.58. The Kier molecular flexibility index (Phi) is 4.79. The van der Waals surface area contributed by atoms with E-state index in [-0.39, 0.29) is 5.82 Å². The average Bonchev–Trinajstić information content (AvgIpc) is 3.15. The van der Waals surface area contributed by atoms with E-state index in [0.717, 1.165) is 28.9 Å². The van der Waals surface area contributed by atoms with Crippen molar-refractivity contribution in [2.45, 2.75) is 39.2 Å². The van der Waals surface area contributed by atoms with E-state index in [1.54, 1.807) is 6.07 Å². The van der Waals surface area contributed by atoms with Crippen LogP contribution in [0.25, 0.3) is 0 Å². The third-order valence-corrected chi connectivity index (χ3v) is 4.41. The monoisotopic (exact) mass is 313 g/mol. The standard InChI is InChI=1S/C15H21BrFN/c1-3-18-15(10(2)11-4-5-11)8-12-6-7-13(16)9-14(12)17/h6-7,9-11,15,18H,3-5,8H2,1-2H3. The van der Waals surface area contributed by atoms with Crippen LogP contribution in [0.3, 0.4) is 0 Å². The molecule has 0 radical (unpaired) electrons. The molecule has 1 aromatic rings. The van der Waals surface area contributed by atoms with Gasteiger partial charge in [-0.3, -0.25) is 0 Å². The number of hydrogen-bond donors (Lipinski definition) is 1. The fourth-order valence-electron chi connectivity index (χ4n) is 2.58. The van der Waals surface area contributed by atoms with Crippen molar-refractivity contribution in [3.63, 3.8) is 0 Å². The molecule has 1 aliphatic rings. The highest BCUT2D eigenvalue weighted by Gasteiger charge is 2.33. The molecule has 18 heavy (non-hydrogen) atoms. The maximum Gasteiger partial charge on any atom is 0.127 e. The number of hydrogen-bond acceptors (Lipinski definition) is 1. The summed E-state index contributed by atoms with van der Waals surface area (Å²) in [6.07, 6.45) is 3.46. The molecule has 0 bridgehead atoms. The van der Waals surface area contributed by atoms with Crippen molar-refractivity contribution in [2.24, 2.45) is 11.8 Å². The molecule has 2 atom stereocenters. The van der Waals surface area contributed by atoms with Gasteiger partial charge in [-0.2, -0.15) is 0 Å². The second-order valence-electron chi connectivity index (χ2n) is 5.30. The highest BCUT2D eigenvalue weighted by molar-refractivity contribution is 9.10. The molecule has 1 nitrogen and oxygen atoms in total. The molecule has 1 saturated carbocycles. The van der Waals surface area contributed by atoms with Gasteiger partial charge in [0.15, 0.2) is 0 Å². The van der Waals surface area contributed by atoms with E-state index in [0.29, 0.717) is 12.0 Å². The van der Waals surface area contributed by atoms with Gasteiger partial charge in [0.05, 0.1) is 0 Å². The van der Waals surface area contributed by atoms with Crippen LogP contribution in [0.15, 0.2) is 22.7 Å². The van der Waals surface area contributed by atoms with Crippen molar-refractivity contribution in [1.29, 1.82) is 0 Å². The Hall–Kier alpha value is -0.410. The highest BCUT2D eigenvalue weighted by Crippen LogP contribution is 2.39. The summed E-state index contributed by atoms with van der Waals surface area (Å²) in [5.41, 5.74) is 0.816. The van der Waals surface area contributed by atoms with Crippen LogP contribution in [0.5, 0.6) is 0 Å². The van der Waals surface area contributed by atoms with Crippen LogP contribution >= 0.6 is 15.9 Å². The third kappa shape index (κ3) is 3.55. The van der Waals surface area contributed by atoms with Crippen LogP contribution in [0.1, 0.15) is 32.3 Å². The lowest BCUT2D eigenvalue weighted by Gasteiger charge is -2.25. The fraction of sp³-hybridized carbons (Fsp3) is 0.600. The van der Waals surface area contributed by atoms with E-state index >= 15 is 0 Å². The molecule has 2 unspecified atom stereocenters. The summed E-state index contributed by atoms with van der Waals surface area (Å²) in [4.78, 5) is 0. The fourth-order valence-corrected chi connectivity index (χ4v) is 2.91. The Balaban J connectivity index is 2.07. The molecule has 1 N–H and O–H groups in total. The molecular weight excluding hydrogens is 293 g/mol. The largest absolute Gasteiger partial charge is 0.314 e. The summed E-state index contributed by atoms with van der Waals surface area (Å²) in [7, 11) is 0. The quantitative estimate of drug-likeness (QED) is 0.831. The molecule has 0 aromatic heterocycles. The van der Waals surface area contributed by atoms with Gasteiger partial charge >= 0.3 is 0 Å². The van der Waals surface area contributed by atoms with E-state index < -0.39 is 0 Å². The molecule has 1 aromatic carbocycles. The minimum absolute atomic E-state index is 0.102. The van der Waals surface area contributed by atoms with Gasteiger partial charge in [-0.15, -0.1) is 0 Å². The Labute approximate surface area is 117 Å². The molecule has 1 fully saturated rings. The predicted octanol–water partition coefficient (Wildman–Crippen LogP) is 4.15. The lowest BCUT2D eigenvalue weighted by Crippen LogP contribution is -2.38. The second-order valence-corrected chi connectivity index (χ2v) is 6.22. The van der Waals surface area contributed by atoms with Gasteiger partial charge in [0.1, 0.15) is 5.82 Å².